The van der Waals surface area contributed by atoms with Gasteiger partial charge in [-0.05, 0) is 24.6 Å². The lowest BCUT2D eigenvalue weighted by molar-refractivity contribution is 0.415. The summed E-state index contributed by atoms with van der Waals surface area (Å²) in [5.41, 5.74) is 7.65. The van der Waals surface area contributed by atoms with E-state index in [1.807, 2.05) is 31.2 Å². The van der Waals surface area contributed by atoms with E-state index in [1.54, 1.807) is 7.11 Å². The van der Waals surface area contributed by atoms with E-state index in [4.69, 9.17) is 22.1 Å². The second-order valence-corrected chi connectivity index (χ2v) is 3.50. The van der Waals surface area contributed by atoms with Crippen LogP contribution in [0.1, 0.15) is 12.5 Å². The Bertz CT molecular complexity index is 347. The summed E-state index contributed by atoms with van der Waals surface area (Å²) in [6.45, 7) is 2.54. The predicted octanol–water partition coefficient (Wildman–Crippen LogP) is 2.71. The van der Waals surface area contributed by atoms with Crippen LogP contribution in [0.25, 0.3) is 6.08 Å². The minimum Gasteiger partial charge on any atom is -0.495 e. The van der Waals surface area contributed by atoms with Crippen molar-refractivity contribution in [1.29, 1.82) is 0 Å². The third-order valence-corrected chi connectivity index (χ3v) is 2.21. The smallest absolute Gasteiger partial charge is 0.137 e. The van der Waals surface area contributed by atoms with Crippen LogP contribution in [-0.2, 0) is 0 Å². The lowest BCUT2D eigenvalue weighted by Gasteiger charge is -2.03. The topological polar surface area (TPSA) is 35.2 Å². The van der Waals surface area contributed by atoms with E-state index in [2.05, 4.69) is 0 Å². The number of hydrogen-bond donors (Lipinski definition) is 1. The molecule has 0 radical (unpaired) electrons. The molecule has 1 rings (SSSR count). The Morgan fingerprint density at radius 2 is 2.29 bits per heavy atom. The summed E-state index contributed by atoms with van der Waals surface area (Å²) in [6, 6.07) is 5.65. The summed E-state index contributed by atoms with van der Waals surface area (Å²) in [5.74, 6) is 0.689. The highest BCUT2D eigenvalue weighted by atomic mass is 35.5. The molecule has 14 heavy (non-hydrogen) atoms. The van der Waals surface area contributed by atoms with E-state index >= 15 is 0 Å². The highest BCUT2D eigenvalue weighted by Crippen LogP contribution is 2.25. The first kappa shape index (κ1) is 11.1. The molecule has 1 aromatic carbocycles. The van der Waals surface area contributed by atoms with Crippen LogP contribution in [0.15, 0.2) is 23.8 Å². The molecular weight excluding hydrogens is 198 g/mol. The van der Waals surface area contributed by atoms with Crippen molar-refractivity contribution < 1.29 is 4.74 Å². The highest BCUT2D eigenvalue weighted by Gasteiger charge is 1.99. The maximum atomic E-state index is 5.97. The van der Waals surface area contributed by atoms with Gasteiger partial charge in [-0.2, -0.15) is 0 Å². The molecule has 76 valence electrons. The fraction of sp³-hybridized carbons (Fsp3) is 0.273. The minimum atomic E-state index is 0.559. The summed E-state index contributed by atoms with van der Waals surface area (Å²) in [5, 5.41) is 0.617. The van der Waals surface area contributed by atoms with Gasteiger partial charge in [0.05, 0.1) is 12.1 Å². The minimum absolute atomic E-state index is 0.559. The number of benzene rings is 1. The van der Waals surface area contributed by atoms with Crippen molar-refractivity contribution in [3.8, 4) is 5.75 Å². The molecule has 0 aliphatic carbocycles. The predicted molar refractivity (Wildman–Crippen MR) is 60.7 cm³/mol. The maximum absolute atomic E-state index is 5.97. The molecule has 0 aromatic heterocycles. The van der Waals surface area contributed by atoms with E-state index in [-0.39, 0.29) is 0 Å². The highest BCUT2D eigenvalue weighted by molar-refractivity contribution is 6.32. The fourth-order valence-corrected chi connectivity index (χ4v) is 1.38. The first-order valence-corrected chi connectivity index (χ1v) is 4.76. The second kappa shape index (κ2) is 5.03. The van der Waals surface area contributed by atoms with Crippen LogP contribution in [-0.4, -0.2) is 13.7 Å². The lowest BCUT2D eigenvalue weighted by Crippen LogP contribution is -1.99. The summed E-state index contributed by atoms with van der Waals surface area (Å²) in [4.78, 5) is 0. The summed E-state index contributed by atoms with van der Waals surface area (Å²) < 4.78 is 5.05. The van der Waals surface area contributed by atoms with Gasteiger partial charge < -0.3 is 10.5 Å². The third-order valence-electron chi connectivity index (χ3n) is 1.91. The van der Waals surface area contributed by atoms with Crippen molar-refractivity contribution in [2.45, 2.75) is 6.92 Å². The van der Waals surface area contributed by atoms with Crippen molar-refractivity contribution in [2.24, 2.45) is 5.73 Å². The van der Waals surface area contributed by atoms with E-state index < -0.39 is 0 Å². The molecule has 0 unspecified atom stereocenters. The molecule has 0 spiro atoms. The van der Waals surface area contributed by atoms with E-state index in [1.165, 1.54) is 0 Å². The Morgan fingerprint density at radius 3 is 2.79 bits per heavy atom. The molecule has 0 atom stereocenters. The molecule has 0 aliphatic rings. The number of rotatable bonds is 3. The molecule has 1 aromatic rings. The lowest BCUT2D eigenvalue weighted by atomic mass is 10.1. The first-order chi connectivity index (χ1) is 6.67. The maximum Gasteiger partial charge on any atom is 0.137 e. The van der Waals surface area contributed by atoms with Crippen molar-refractivity contribution >= 4 is 17.7 Å². The van der Waals surface area contributed by atoms with Crippen LogP contribution in [0.5, 0.6) is 5.75 Å². The van der Waals surface area contributed by atoms with E-state index in [0.717, 1.165) is 11.1 Å². The molecule has 0 bridgehead atoms. The zero-order valence-corrected chi connectivity index (χ0v) is 9.14. The average molecular weight is 212 g/mol. The molecule has 0 saturated heterocycles. The van der Waals surface area contributed by atoms with Crippen molar-refractivity contribution in [1.82, 2.24) is 0 Å². The van der Waals surface area contributed by atoms with Crippen molar-refractivity contribution in [3.63, 3.8) is 0 Å². The molecule has 0 amide bonds. The number of methoxy groups -OCH3 is 1. The second-order valence-electron chi connectivity index (χ2n) is 3.09. The molecule has 0 fully saturated rings. The Kier molecular flexibility index (Phi) is 3.98. The summed E-state index contributed by atoms with van der Waals surface area (Å²) in [7, 11) is 1.60. The van der Waals surface area contributed by atoms with Crippen molar-refractivity contribution in [3.05, 3.63) is 34.4 Å². The van der Waals surface area contributed by atoms with Gasteiger partial charge in [0.1, 0.15) is 5.75 Å². The van der Waals surface area contributed by atoms with Crippen LogP contribution in [0.4, 0.5) is 0 Å². The van der Waals surface area contributed by atoms with Crippen LogP contribution in [0, 0.1) is 0 Å². The first-order valence-electron chi connectivity index (χ1n) is 4.38. The van der Waals surface area contributed by atoms with Gasteiger partial charge in [0.2, 0.25) is 0 Å². The van der Waals surface area contributed by atoms with E-state index in [9.17, 15) is 0 Å². The Hall–Kier alpha value is -0.990. The molecule has 0 aliphatic heterocycles. The standard InChI is InChI=1S/C11H14ClNO/c1-8(7-13)5-9-3-4-11(14-2)10(12)6-9/h3-6H,7,13H2,1-2H3. The molecular formula is C11H14ClNO. The number of nitrogens with two attached hydrogens (primary N) is 1. The van der Waals surface area contributed by atoms with Gasteiger partial charge in [-0.15, -0.1) is 0 Å². The number of hydrogen-bond acceptors (Lipinski definition) is 2. The third kappa shape index (κ3) is 2.76. The molecule has 2 N–H and O–H groups in total. The van der Waals surface area contributed by atoms with E-state index in [0.29, 0.717) is 17.3 Å². The van der Waals surface area contributed by atoms with Crippen LogP contribution >= 0.6 is 11.6 Å². The molecule has 3 heteroatoms. The zero-order chi connectivity index (χ0) is 10.6. The molecule has 0 saturated carbocycles. The Balaban J connectivity index is 2.97. The molecule has 2 nitrogen and oxygen atoms in total. The van der Waals surface area contributed by atoms with Gasteiger partial charge in [-0.1, -0.05) is 29.3 Å². The normalized spacial score (nSPS) is 11.6. The van der Waals surface area contributed by atoms with Crippen LogP contribution in [0.2, 0.25) is 5.02 Å². The van der Waals surface area contributed by atoms with Crippen LogP contribution in [0.3, 0.4) is 0 Å². The quantitative estimate of drug-likeness (QED) is 0.835. The summed E-state index contributed by atoms with van der Waals surface area (Å²) >= 11 is 5.97. The SMILES string of the molecule is COc1ccc(C=C(C)CN)cc1Cl. The van der Waals surface area contributed by atoms with Crippen LogP contribution < -0.4 is 10.5 Å². The van der Waals surface area contributed by atoms with Gasteiger partial charge in [0, 0.05) is 6.54 Å². The molecule has 0 heterocycles. The zero-order valence-electron chi connectivity index (χ0n) is 8.38. The summed E-state index contributed by atoms with van der Waals surface area (Å²) in [6.07, 6.45) is 2.01. The Labute approximate surface area is 89.3 Å². The number of ether oxygens (including phenoxy) is 1. The Morgan fingerprint density at radius 1 is 1.57 bits per heavy atom. The van der Waals surface area contributed by atoms with Crippen molar-refractivity contribution in [2.75, 3.05) is 13.7 Å². The average Bonchev–Trinajstić information content (AvgIpc) is 2.18. The fourth-order valence-electron chi connectivity index (χ4n) is 1.12. The van der Waals surface area contributed by atoms with Gasteiger partial charge in [0.15, 0.2) is 0 Å². The van der Waals surface area contributed by atoms with Gasteiger partial charge >= 0.3 is 0 Å². The number of halogens is 1. The monoisotopic (exact) mass is 211 g/mol. The van der Waals surface area contributed by atoms with Gasteiger partial charge in [0.25, 0.3) is 0 Å². The van der Waals surface area contributed by atoms with Gasteiger partial charge in [-0.25, -0.2) is 0 Å². The van der Waals surface area contributed by atoms with Gasteiger partial charge in [-0.3, -0.25) is 0 Å². The largest absolute Gasteiger partial charge is 0.495 e.